The summed E-state index contributed by atoms with van der Waals surface area (Å²) in [4.78, 5) is 45.3. The first kappa shape index (κ1) is 33.0. The zero-order valence-electron chi connectivity index (χ0n) is 25.1. The summed E-state index contributed by atoms with van der Waals surface area (Å²) >= 11 is 7.31. The number of anilines is 2. The first-order valence-electron chi connectivity index (χ1n) is 14.9. The molecule has 0 saturated carbocycles. The fourth-order valence-corrected chi connectivity index (χ4v) is 6.73. The molecule has 2 saturated heterocycles. The molecule has 0 spiro atoms. The van der Waals surface area contributed by atoms with E-state index >= 15 is 0 Å². The van der Waals surface area contributed by atoms with E-state index in [4.69, 9.17) is 16.3 Å². The maximum atomic E-state index is 13.6. The lowest BCUT2D eigenvalue weighted by Gasteiger charge is -2.35. The molecule has 1 atom stereocenters. The normalized spacial score (nSPS) is 17.9. The van der Waals surface area contributed by atoms with Gasteiger partial charge in [0.15, 0.2) is 5.13 Å². The van der Waals surface area contributed by atoms with Crippen LogP contribution in [0, 0.1) is 0 Å². The zero-order chi connectivity index (χ0) is 32.1. The molecule has 4 heterocycles. The number of rotatable bonds is 10. The highest BCUT2D eigenvalue weighted by Gasteiger charge is 2.32. The van der Waals surface area contributed by atoms with E-state index in [0.29, 0.717) is 56.8 Å². The number of carbonyl (C=O) groups excluding carboxylic acids is 2. The summed E-state index contributed by atoms with van der Waals surface area (Å²) in [5, 5.41) is 2.95. The number of alkyl halides is 3. The Morgan fingerprint density at radius 1 is 1.11 bits per heavy atom. The van der Waals surface area contributed by atoms with Gasteiger partial charge in [0.2, 0.25) is 0 Å². The number of amides is 1. The fraction of sp³-hybridized carbons (Fsp3) is 0.500. The third kappa shape index (κ3) is 8.48. The van der Waals surface area contributed by atoms with E-state index in [9.17, 15) is 22.8 Å². The smallest absolute Gasteiger partial charge is 0.416 e. The maximum absolute atomic E-state index is 13.6. The number of likely N-dealkylation sites (tertiary alicyclic amines) is 1. The maximum Gasteiger partial charge on any atom is 0.416 e. The molecule has 5 rings (SSSR count). The first-order valence-corrected chi connectivity index (χ1v) is 16.1. The van der Waals surface area contributed by atoms with Crippen molar-refractivity contribution in [3.8, 4) is 11.3 Å². The number of hydrogen-bond donors (Lipinski definition) is 1. The Kier molecular flexibility index (Phi) is 10.6. The SMILES string of the molecule is CCOC(=O)CCN1CCN(c2cnc(C(=O)Nc3nc(-c4cc(Cl)cc(C(F)(F)F)c4)c(CN4CCC[C@H]4C)s3)cn2)CC1. The highest BCUT2D eigenvalue weighted by molar-refractivity contribution is 7.16. The monoisotopic (exact) mass is 665 g/mol. The summed E-state index contributed by atoms with van der Waals surface area (Å²) in [6.45, 7) is 9.17. The van der Waals surface area contributed by atoms with Gasteiger partial charge in [-0.05, 0) is 51.4 Å². The van der Waals surface area contributed by atoms with Crippen LogP contribution in [0.1, 0.15) is 54.0 Å². The van der Waals surface area contributed by atoms with Gasteiger partial charge in [-0.1, -0.05) is 22.9 Å². The quantitative estimate of drug-likeness (QED) is 0.278. The number of hydrogen-bond acceptors (Lipinski definition) is 10. The van der Waals surface area contributed by atoms with Crippen LogP contribution in [-0.4, -0.2) is 88.5 Å². The highest BCUT2D eigenvalue weighted by atomic mass is 35.5. The lowest BCUT2D eigenvalue weighted by atomic mass is 10.1. The second-order valence-corrected chi connectivity index (χ2v) is 12.6. The topological polar surface area (TPSA) is 104 Å². The predicted molar refractivity (Wildman–Crippen MR) is 167 cm³/mol. The highest BCUT2D eigenvalue weighted by Crippen LogP contribution is 2.39. The average molecular weight is 666 g/mol. The Bertz CT molecular complexity index is 1500. The van der Waals surface area contributed by atoms with Crippen LogP contribution in [0.3, 0.4) is 0 Å². The largest absolute Gasteiger partial charge is 0.466 e. The minimum atomic E-state index is -4.57. The number of ether oxygens (including phenoxy) is 1. The number of piperazine rings is 1. The van der Waals surface area contributed by atoms with Gasteiger partial charge in [-0.25, -0.2) is 15.0 Å². The van der Waals surface area contributed by atoms with Crippen LogP contribution in [0.5, 0.6) is 0 Å². The average Bonchev–Trinajstić information content (AvgIpc) is 3.61. The summed E-state index contributed by atoms with van der Waals surface area (Å²) in [5.74, 6) is -0.0935. The van der Waals surface area contributed by atoms with Crippen molar-refractivity contribution < 1.29 is 27.5 Å². The molecule has 242 valence electrons. The van der Waals surface area contributed by atoms with Crippen molar-refractivity contribution in [1.29, 1.82) is 0 Å². The number of aromatic nitrogens is 3. The van der Waals surface area contributed by atoms with Crippen molar-refractivity contribution in [3.63, 3.8) is 0 Å². The molecular formula is C30H35ClF3N7O3S. The van der Waals surface area contributed by atoms with Crippen molar-refractivity contribution in [3.05, 3.63) is 51.7 Å². The lowest BCUT2D eigenvalue weighted by molar-refractivity contribution is -0.143. The first-order chi connectivity index (χ1) is 21.5. The molecule has 0 radical (unpaired) electrons. The number of benzene rings is 1. The van der Waals surface area contributed by atoms with Crippen LogP contribution in [0.25, 0.3) is 11.3 Å². The molecule has 2 aromatic heterocycles. The van der Waals surface area contributed by atoms with Crippen LogP contribution >= 0.6 is 22.9 Å². The van der Waals surface area contributed by atoms with Gasteiger partial charge in [-0.3, -0.25) is 24.7 Å². The van der Waals surface area contributed by atoms with Crippen LogP contribution < -0.4 is 10.2 Å². The van der Waals surface area contributed by atoms with E-state index in [-0.39, 0.29) is 27.4 Å². The van der Waals surface area contributed by atoms with Gasteiger partial charge in [-0.15, -0.1) is 0 Å². The van der Waals surface area contributed by atoms with Gasteiger partial charge in [0.05, 0.1) is 36.7 Å². The van der Waals surface area contributed by atoms with Gasteiger partial charge >= 0.3 is 12.1 Å². The summed E-state index contributed by atoms with van der Waals surface area (Å²) < 4.78 is 45.7. The van der Waals surface area contributed by atoms with Crippen LogP contribution in [0.2, 0.25) is 5.02 Å². The fourth-order valence-electron chi connectivity index (χ4n) is 5.49. The molecule has 3 aromatic rings. The molecule has 1 aromatic carbocycles. The van der Waals surface area contributed by atoms with E-state index in [1.54, 1.807) is 13.1 Å². The van der Waals surface area contributed by atoms with Crippen molar-refractivity contribution in [1.82, 2.24) is 24.8 Å². The molecule has 0 aliphatic carbocycles. The summed E-state index contributed by atoms with van der Waals surface area (Å²) in [6, 6.07) is 3.70. The number of halogens is 4. The molecule has 15 heteroatoms. The van der Waals surface area contributed by atoms with Crippen molar-refractivity contribution in [2.75, 3.05) is 56.1 Å². The number of nitrogens with one attached hydrogen (secondary N) is 1. The Hall–Kier alpha value is -3.33. The van der Waals surface area contributed by atoms with Gasteiger partial charge in [0, 0.05) is 60.8 Å². The molecular weight excluding hydrogens is 631 g/mol. The van der Waals surface area contributed by atoms with Crippen LogP contribution in [0.4, 0.5) is 24.1 Å². The Balaban J connectivity index is 1.27. The van der Waals surface area contributed by atoms with E-state index in [1.165, 1.54) is 23.6 Å². The van der Waals surface area contributed by atoms with Crippen LogP contribution in [-0.2, 0) is 22.3 Å². The number of esters is 1. The van der Waals surface area contributed by atoms with Gasteiger partial charge in [-0.2, -0.15) is 13.2 Å². The molecule has 2 fully saturated rings. The molecule has 1 amide bonds. The standard InChI is InChI=1S/C30H35ClF3N7O3S/c1-3-44-26(42)6-8-39-9-11-40(12-10-39)25-17-35-23(16-36-25)28(43)38-29-37-27(24(45-29)18-41-7-4-5-19(41)2)20-13-21(30(32,33)34)15-22(31)14-20/h13-17,19H,3-12,18H2,1-2H3,(H,37,38,43)/t19-/m1/s1. The van der Waals surface area contributed by atoms with Gasteiger partial charge in [0.1, 0.15) is 11.5 Å². The van der Waals surface area contributed by atoms with E-state index in [1.807, 2.05) is 0 Å². The minimum absolute atomic E-state index is 0.0487. The molecule has 0 bridgehead atoms. The Morgan fingerprint density at radius 3 is 2.53 bits per heavy atom. The van der Waals surface area contributed by atoms with Crippen molar-refractivity contribution in [2.45, 2.75) is 51.9 Å². The summed E-state index contributed by atoms with van der Waals surface area (Å²) in [5.41, 5.74) is -0.193. The molecule has 2 aliphatic rings. The van der Waals surface area contributed by atoms with Gasteiger partial charge < -0.3 is 9.64 Å². The lowest BCUT2D eigenvalue weighted by Crippen LogP contribution is -2.47. The molecule has 10 nitrogen and oxygen atoms in total. The van der Waals surface area contributed by atoms with Gasteiger partial charge in [0.25, 0.3) is 5.91 Å². The molecule has 1 N–H and O–H groups in total. The predicted octanol–water partition coefficient (Wildman–Crippen LogP) is 5.58. The number of nitrogens with zero attached hydrogens (tertiary/aromatic N) is 6. The third-order valence-electron chi connectivity index (χ3n) is 7.96. The Morgan fingerprint density at radius 2 is 1.89 bits per heavy atom. The third-order valence-corrected chi connectivity index (χ3v) is 9.13. The van der Waals surface area contributed by atoms with E-state index in [2.05, 4.69) is 41.9 Å². The molecule has 45 heavy (non-hydrogen) atoms. The Labute approximate surface area is 268 Å². The molecule has 2 aliphatic heterocycles. The second kappa shape index (κ2) is 14.4. The molecule has 0 unspecified atom stereocenters. The van der Waals surface area contributed by atoms with E-state index < -0.39 is 17.6 Å². The van der Waals surface area contributed by atoms with E-state index in [0.717, 1.165) is 49.5 Å². The van der Waals surface area contributed by atoms with Crippen molar-refractivity contribution in [2.24, 2.45) is 0 Å². The summed E-state index contributed by atoms with van der Waals surface area (Å²) in [7, 11) is 0. The number of thiazole rings is 1. The van der Waals surface area contributed by atoms with Crippen molar-refractivity contribution >= 4 is 45.8 Å². The number of carbonyl (C=O) groups is 2. The summed E-state index contributed by atoms with van der Waals surface area (Å²) in [6.07, 6.45) is 0.789. The van der Waals surface area contributed by atoms with Crippen LogP contribution in [0.15, 0.2) is 30.6 Å². The zero-order valence-corrected chi connectivity index (χ0v) is 26.6. The minimum Gasteiger partial charge on any atom is -0.466 e. The second-order valence-electron chi connectivity index (χ2n) is 11.1.